The van der Waals surface area contributed by atoms with E-state index in [2.05, 4.69) is 6.07 Å². The largest absolute Gasteiger partial charge is 0.465 e. The van der Waals surface area contributed by atoms with E-state index in [0.717, 1.165) is 16.7 Å². The number of carbonyl (C=O) groups excluding carboxylic acids is 2. The molecule has 4 nitrogen and oxygen atoms in total. The quantitative estimate of drug-likeness (QED) is 0.468. The number of benzene rings is 1. The van der Waals surface area contributed by atoms with Crippen molar-refractivity contribution in [3.05, 3.63) is 53.1 Å². The summed E-state index contributed by atoms with van der Waals surface area (Å²) in [6.07, 6.45) is 6.50. The van der Waals surface area contributed by atoms with Gasteiger partial charge in [0.1, 0.15) is 0 Å². The first-order chi connectivity index (χ1) is 11.5. The maximum Gasteiger partial charge on any atom is 0.327 e. The van der Waals surface area contributed by atoms with Crippen LogP contribution in [0.5, 0.6) is 0 Å². The maximum atomic E-state index is 12.5. The fourth-order valence-corrected chi connectivity index (χ4v) is 2.89. The highest BCUT2D eigenvalue weighted by Gasteiger charge is 2.48. The van der Waals surface area contributed by atoms with Gasteiger partial charge in [0.25, 0.3) is 0 Å². The highest BCUT2D eigenvalue weighted by Crippen LogP contribution is 2.37. The molecule has 0 saturated carbocycles. The second-order valence-electron chi connectivity index (χ2n) is 5.91. The molecule has 0 radical (unpaired) electrons. The van der Waals surface area contributed by atoms with Gasteiger partial charge in [-0.1, -0.05) is 53.6 Å². The number of ether oxygens (including phenoxy) is 2. The molecule has 0 spiro atoms. The van der Waals surface area contributed by atoms with Gasteiger partial charge in [0, 0.05) is 0 Å². The van der Waals surface area contributed by atoms with Crippen LogP contribution in [0.4, 0.5) is 0 Å². The zero-order valence-corrected chi connectivity index (χ0v) is 14.5. The van der Waals surface area contributed by atoms with Crippen LogP contribution in [0.3, 0.4) is 0 Å². The number of allylic oxidation sites excluding steroid dienone is 2. The molecule has 128 valence electrons. The van der Waals surface area contributed by atoms with Gasteiger partial charge in [-0.15, -0.1) is 0 Å². The Hall–Kier alpha value is -2.36. The van der Waals surface area contributed by atoms with Crippen molar-refractivity contribution >= 4 is 18.0 Å². The van der Waals surface area contributed by atoms with Crippen molar-refractivity contribution in [2.45, 2.75) is 33.6 Å². The number of esters is 2. The van der Waals surface area contributed by atoms with Gasteiger partial charge in [-0.3, -0.25) is 9.59 Å². The topological polar surface area (TPSA) is 52.6 Å². The third-order valence-electron chi connectivity index (χ3n) is 3.98. The van der Waals surface area contributed by atoms with Crippen molar-refractivity contribution in [2.24, 2.45) is 5.41 Å². The lowest BCUT2D eigenvalue weighted by molar-refractivity contribution is -0.168. The zero-order valence-electron chi connectivity index (χ0n) is 14.5. The first-order valence-electron chi connectivity index (χ1n) is 8.30. The molecular weight excluding hydrogens is 304 g/mol. The molecule has 0 heterocycles. The molecule has 1 aromatic carbocycles. The van der Waals surface area contributed by atoms with Crippen LogP contribution in [0.15, 0.2) is 42.0 Å². The molecule has 0 unspecified atom stereocenters. The van der Waals surface area contributed by atoms with Gasteiger partial charge in [0.15, 0.2) is 5.41 Å². The highest BCUT2D eigenvalue weighted by atomic mass is 16.6. The average molecular weight is 328 g/mol. The molecule has 0 atom stereocenters. The summed E-state index contributed by atoms with van der Waals surface area (Å²) in [5.74, 6) is -1.09. The second-order valence-corrected chi connectivity index (χ2v) is 5.91. The van der Waals surface area contributed by atoms with Gasteiger partial charge in [-0.25, -0.2) is 0 Å². The van der Waals surface area contributed by atoms with E-state index in [4.69, 9.17) is 9.47 Å². The normalized spacial score (nSPS) is 17.5. The van der Waals surface area contributed by atoms with Crippen LogP contribution in [0.1, 0.15) is 37.8 Å². The number of aryl methyl sites for hydroxylation is 1. The number of hydrogen-bond donors (Lipinski definition) is 0. The SMILES string of the molecule is CCOC(=O)C1(C(=O)OCC)C=CC/C(=C\c2cccc(C)c2)C1. The van der Waals surface area contributed by atoms with E-state index in [9.17, 15) is 9.59 Å². The van der Waals surface area contributed by atoms with Crippen molar-refractivity contribution in [1.82, 2.24) is 0 Å². The molecule has 0 bridgehead atoms. The van der Waals surface area contributed by atoms with Crippen molar-refractivity contribution in [2.75, 3.05) is 13.2 Å². The van der Waals surface area contributed by atoms with Crippen LogP contribution in [0.2, 0.25) is 0 Å². The van der Waals surface area contributed by atoms with Crippen LogP contribution in [-0.2, 0) is 19.1 Å². The van der Waals surface area contributed by atoms with Crippen molar-refractivity contribution in [3.63, 3.8) is 0 Å². The summed E-state index contributed by atoms with van der Waals surface area (Å²) >= 11 is 0. The molecule has 0 N–H and O–H groups in total. The standard InChI is InChI=1S/C20H24O4/c1-4-23-18(21)20(19(22)24-5-2)11-7-10-17(14-20)13-16-9-6-8-15(3)12-16/h6-9,11-13H,4-5,10,14H2,1-3H3/b17-13+. The Kier molecular flexibility index (Phi) is 5.96. The first kappa shape index (κ1) is 18.0. The third kappa shape index (κ3) is 3.94. The van der Waals surface area contributed by atoms with Gasteiger partial charge in [0.05, 0.1) is 13.2 Å². The number of rotatable bonds is 5. The monoisotopic (exact) mass is 328 g/mol. The maximum absolute atomic E-state index is 12.5. The van der Waals surface area contributed by atoms with Crippen molar-refractivity contribution in [1.29, 1.82) is 0 Å². The Morgan fingerprint density at radius 3 is 2.42 bits per heavy atom. The van der Waals surface area contributed by atoms with Gasteiger partial charge in [0.2, 0.25) is 0 Å². The lowest BCUT2D eigenvalue weighted by Crippen LogP contribution is -2.42. The molecule has 1 aliphatic carbocycles. The van der Waals surface area contributed by atoms with Crippen LogP contribution < -0.4 is 0 Å². The van der Waals surface area contributed by atoms with Crippen LogP contribution in [-0.4, -0.2) is 25.2 Å². The molecule has 1 aliphatic rings. The Balaban J connectivity index is 2.35. The van der Waals surface area contributed by atoms with Crippen molar-refractivity contribution in [3.8, 4) is 0 Å². The Morgan fingerprint density at radius 1 is 1.17 bits per heavy atom. The number of hydrogen-bond acceptors (Lipinski definition) is 4. The molecule has 1 aromatic rings. The third-order valence-corrected chi connectivity index (χ3v) is 3.98. The van der Waals surface area contributed by atoms with E-state index in [1.54, 1.807) is 19.9 Å². The highest BCUT2D eigenvalue weighted by molar-refractivity contribution is 6.03. The van der Waals surface area contributed by atoms with Crippen LogP contribution in [0, 0.1) is 12.3 Å². The van der Waals surface area contributed by atoms with Crippen LogP contribution >= 0.6 is 0 Å². The van der Waals surface area contributed by atoms with Gasteiger partial charge >= 0.3 is 11.9 Å². The summed E-state index contributed by atoms with van der Waals surface area (Å²) in [4.78, 5) is 25.0. The fourth-order valence-electron chi connectivity index (χ4n) is 2.89. The predicted molar refractivity (Wildman–Crippen MR) is 93.2 cm³/mol. The van der Waals surface area contributed by atoms with Crippen LogP contribution in [0.25, 0.3) is 6.08 Å². The minimum atomic E-state index is -1.38. The fraction of sp³-hybridized carbons (Fsp3) is 0.400. The summed E-state index contributed by atoms with van der Waals surface area (Å²) in [6, 6.07) is 8.10. The van der Waals surface area contributed by atoms with Gasteiger partial charge < -0.3 is 9.47 Å². The predicted octanol–water partition coefficient (Wildman–Crippen LogP) is 3.84. The van der Waals surface area contributed by atoms with E-state index in [1.165, 1.54) is 0 Å². The number of carbonyl (C=O) groups is 2. The summed E-state index contributed by atoms with van der Waals surface area (Å²) in [5, 5.41) is 0. The zero-order chi connectivity index (χ0) is 17.6. The summed E-state index contributed by atoms with van der Waals surface area (Å²) in [6.45, 7) is 5.94. The molecule has 0 amide bonds. The molecule has 0 aromatic heterocycles. The minimum Gasteiger partial charge on any atom is -0.465 e. The van der Waals surface area contributed by atoms with E-state index in [-0.39, 0.29) is 19.6 Å². The van der Waals surface area contributed by atoms with E-state index in [0.29, 0.717) is 6.42 Å². The van der Waals surface area contributed by atoms with E-state index < -0.39 is 17.4 Å². The first-order valence-corrected chi connectivity index (χ1v) is 8.30. The molecule has 0 aliphatic heterocycles. The second kappa shape index (κ2) is 7.95. The van der Waals surface area contributed by atoms with Gasteiger partial charge in [-0.05, 0) is 39.2 Å². The Morgan fingerprint density at radius 2 is 1.83 bits per heavy atom. The average Bonchev–Trinajstić information content (AvgIpc) is 2.55. The molecule has 2 rings (SSSR count). The molecule has 24 heavy (non-hydrogen) atoms. The van der Waals surface area contributed by atoms with Gasteiger partial charge in [-0.2, -0.15) is 0 Å². The lowest BCUT2D eigenvalue weighted by Gasteiger charge is -2.29. The lowest BCUT2D eigenvalue weighted by atomic mass is 9.76. The summed E-state index contributed by atoms with van der Waals surface area (Å²) < 4.78 is 10.3. The Bertz CT molecular complexity index is 652. The molecule has 0 saturated heterocycles. The van der Waals surface area contributed by atoms with E-state index in [1.807, 2.05) is 37.3 Å². The smallest absolute Gasteiger partial charge is 0.327 e. The summed E-state index contributed by atoms with van der Waals surface area (Å²) in [7, 11) is 0. The molecular formula is C20H24O4. The molecule has 4 heteroatoms. The van der Waals surface area contributed by atoms with Crippen molar-refractivity contribution < 1.29 is 19.1 Å². The minimum absolute atomic E-state index is 0.227. The summed E-state index contributed by atoms with van der Waals surface area (Å²) in [5.41, 5.74) is 1.85. The van der Waals surface area contributed by atoms with E-state index >= 15 is 0 Å². The Labute approximate surface area is 143 Å². The molecule has 0 fully saturated rings.